The van der Waals surface area contributed by atoms with Crippen LogP contribution in [0.3, 0.4) is 0 Å². The van der Waals surface area contributed by atoms with Gasteiger partial charge in [-0.2, -0.15) is 5.10 Å². The van der Waals surface area contributed by atoms with Gasteiger partial charge in [-0.1, -0.05) is 6.07 Å². The molecule has 2 heterocycles. The molecule has 0 aliphatic carbocycles. The van der Waals surface area contributed by atoms with Crippen molar-refractivity contribution < 1.29 is 5.11 Å². The Hall–Kier alpha value is -1.68. The van der Waals surface area contributed by atoms with Crippen molar-refractivity contribution in [2.75, 3.05) is 0 Å². The molecule has 0 aromatic carbocycles. The average Bonchev–Trinajstić information content (AvgIpc) is 2.64. The van der Waals surface area contributed by atoms with Crippen LogP contribution in [0.15, 0.2) is 30.6 Å². The largest absolute Gasteiger partial charge is 0.388 e. The first-order valence-corrected chi connectivity index (χ1v) is 5.25. The van der Waals surface area contributed by atoms with Crippen LogP contribution in [0.25, 0.3) is 0 Å². The van der Waals surface area contributed by atoms with E-state index in [-0.39, 0.29) is 0 Å². The first kappa shape index (κ1) is 10.8. The predicted molar refractivity (Wildman–Crippen MR) is 60.8 cm³/mol. The summed E-state index contributed by atoms with van der Waals surface area (Å²) in [5.41, 5.74) is 2.62. The van der Waals surface area contributed by atoms with Crippen LogP contribution < -0.4 is 0 Å². The Bertz CT molecular complexity index is 479. The van der Waals surface area contributed by atoms with E-state index in [4.69, 9.17) is 0 Å². The molecule has 0 saturated carbocycles. The molecule has 0 saturated heterocycles. The summed E-state index contributed by atoms with van der Waals surface area (Å²) in [4.78, 5) is 4.16. The van der Waals surface area contributed by atoms with Gasteiger partial charge in [-0.15, -0.1) is 0 Å². The molecule has 84 valence electrons. The number of aromatic nitrogens is 3. The molecule has 1 unspecified atom stereocenters. The zero-order chi connectivity index (χ0) is 11.5. The number of nitrogens with zero attached hydrogens (tertiary/aromatic N) is 3. The Morgan fingerprint density at radius 1 is 1.44 bits per heavy atom. The van der Waals surface area contributed by atoms with Gasteiger partial charge in [0.25, 0.3) is 0 Å². The third kappa shape index (κ3) is 2.28. The van der Waals surface area contributed by atoms with E-state index in [1.54, 1.807) is 10.9 Å². The van der Waals surface area contributed by atoms with Gasteiger partial charge < -0.3 is 5.11 Å². The summed E-state index contributed by atoms with van der Waals surface area (Å²) in [7, 11) is 1.87. The molecular weight excluding hydrogens is 202 g/mol. The fourth-order valence-electron chi connectivity index (χ4n) is 1.73. The van der Waals surface area contributed by atoms with Gasteiger partial charge in [0.05, 0.1) is 11.8 Å². The molecule has 1 atom stereocenters. The van der Waals surface area contributed by atoms with Gasteiger partial charge in [0.15, 0.2) is 0 Å². The summed E-state index contributed by atoms with van der Waals surface area (Å²) < 4.78 is 1.73. The Labute approximate surface area is 94.6 Å². The van der Waals surface area contributed by atoms with Crippen LogP contribution in [0, 0.1) is 6.92 Å². The van der Waals surface area contributed by atoms with Gasteiger partial charge >= 0.3 is 0 Å². The molecule has 0 radical (unpaired) electrons. The standard InChI is InChI=1S/C12H15N3O/c1-9-11(4-3-6-13-9)12(16)8-10-5-7-15(2)14-10/h3-7,12,16H,8H2,1-2H3. The monoisotopic (exact) mass is 217 g/mol. The van der Waals surface area contributed by atoms with Crippen LogP contribution in [0.5, 0.6) is 0 Å². The van der Waals surface area contributed by atoms with E-state index >= 15 is 0 Å². The number of hydrogen-bond acceptors (Lipinski definition) is 3. The second-order valence-electron chi connectivity index (χ2n) is 3.88. The highest BCUT2D eigenvalue weighted by atomic mass is 16.3. The van der Waals surface area contributed by atoms with Crippen molar-refractivity contribution in [2.24, 2.45) is 7.05 Å². The van der Waals surface area contributed by atoms with Crippen LogP contribution >= 0.6 is 0 Å². The SMILES string of the molecule is Cc1ncccc1C(O)Cc1ccn(C)n1. The van der Waals surface area contributed by atoms with Crippen LogP contribution in [-0.4, -0.2) is 19.9 Å². The van der Waals surface area contributed by atoms with Crippen molar-refractivity contribution in [3.8, 4) is 0 Å². The fraction of sp³-hybridized carbons (Fsp3) is 0.333. The van der Waals surface area contributed by atoms with Crippen LogP contribution in [0.1, 0.15) is 23.1 Å². The van der Waals surface area contributed by atoms with E-state index in [9.17, 15) is 5.11 Å². The van der Waals surface area contributed by atoms with E-state index in [2.05, 4.69) is 10.1 Å². The lowest BCUT2D eigenvalue weighted by molar-refractivity contribution is 0.176. The Morgan fingerprint density at radius 2 is 2.25 bits per heavy atom. The molecule has 0 aliphatic heterocycles. The number of aryl methyl sites for hydroxylation is 2. The van der Waals surface area contributed by atoms with Gasteiger partial charge in [-0.3, -0.25) is 9.67 Å². The first-order chi connectivity index (χ1) is 7.66. The number of aliphatic hydroxyl groups is 1. The minimum atomic E-state index is -0.538. The number of hydrogen-bond donors (Lipinski definition) is 1. The molecule has 2 rings (SSSR count). The summed E-state index contributed by atoms with van der Waals surface area (Å²) in [5, 5.41) is 14.3. The maximum atomic E-state index is 10.1. The lowest BCUT2D eigenvalue weighted by atomic mass is 10.0. The third-order valence-electron chi connectivity index (χ3n) is 2.58. The van der Waals surface area contributed by atoms with Gasteiger partial charge in [-0.05, 0) is 19.1 Å². The van der Waals surface area contributed by atoms with E-state index in [1.165, 1.54) is 0 Å². The summed E-state index contributed by atoms with van der Waals surface area (Å²) in [6, 6.07) is 5.65. The highest BCUT2D eigenvalue weighted by Gasteiger charge is 2.12. The summed E-state index contributed by atoms with van der Waals surface area (Å²) in [6.45, 7) is 1.90. The Kier molecular flexibility index (Phi) is 3.01. The van der Waals surface area contributed by atoms with Crippen LogP contribution in [0.4, 0.5) is 0 Å². The smallest absolute Gasteiger partial charge is 0.0863 e. The summed E-state index contributed by atoms with van der Waals surface area (Å²) >= 11 is 0. The second-order valence-corrected chi connectivity index (χ2v) is 3.88. The highest BCUT2D eigenvalue weighted by Crippen LogP contribution is 2.19. The van der Waals surface area contributed by atoms with Gasteiger partial charge in [0, 0.05) is 37.1 Å². The van der Waals surface area contributed by atoms with Crippen molar-refractivity contribution in [3.63, 3.8) is 0 Å². The Morgan fingerprint density at radius 3 is 2.88 bits per heavy atom. The summed E-state index contributed by atoms with van der Waals surface area (Å²) in [6.07, 6.45) is 3.58. The molecule has 0 aliphatic rings. The number of pyridine rings is 1. The van der Waals surface area contributed by atoms with E-state index in [0.29, 0.717) is 6.42 Å². The molecule has 4 heteroatoms. The van der Waals surface area contributed by atoms with Gasteiger partial charge in [-0.25, -0.2) is 0 Å². The molecule has 0 spiro atoms. The normalized spacial score (nSPS) is 12.7. The van der Waals surface area contributed by atoms with Crippen molar-refractivity contribution in [3.05, 3.63) is 47.5 Å². The van der Waals surface area contributed by atoms with Gasteiger partial charge in [0.2, 0.25) is 0 Å². The van der Waals surface area contributed by atoms with E-state index < -0.39 is 6.10 Å². The van der Waals surface area contributed by atoms with E-state index in [0.717, 1.165) is 17.0 Å². The first-order valence-electron chi connectivity index (χ1n) is 5.25. The molecule has 4 nitrogen and oxygen atoms in total. The Balaban J connectivity index is 2.14. The minimum Gasteiger partial charge on any atom is -0.388 e. The van der Waals surface area contributed by atoms with E-state index in [1.807, 2.05) is 38.4 Å². The molecular formula is C12H15N3O. The predicted octanol–water partition coefficient (Wildman–Crippen LogP) is 1.40. The van der Waals surface area contributed by atoms with Crippen LogP contribution in [0.2, 0.25) is 0 Å². The average molecular weight is 217 g/mol. The molecule has 0 fully saturated rings. The third-order valence-corrected chi connectivity index (χ3v) is 2.58. The molecule has 1 N–H and O–H groups in total. The van der Waals surface area contributed by atoms with Crippen molar-refractivity contribution >= 4 is 0 Å². The van der Waals surface area contributed by atoms with Crippen molar-refractivity contribution in [1.82, 2.24) is 14.8 Å². The van der Waals surface area contributed by atoms with Gasteiger partial charge in [0.1, 0.15) is 0 Å². The maximum absolute atomic E-state index is 10.1. The maximum Gasteiger partial charge on any atom is 0.0863 e. The minimum absolute atomic E-state index is 0.521. The molecule has 2 aromatic heterocycles. The quantitative estimate of drug-likeness (QED) is 0.845. The number of aliphatic hydroxyl groups excluding tert-OH is 1. The summed E-state index contributed by atoms with van der Waals surface area (Å²) in [5.74, 6) is 0. The number of rotatable bonds is 3. The molecule has 0 bridgehead atoms. The topological polar surface area (TPSA) is 50.9 Å². The zero-order valence-corrected chi connectivity index (χ0v) is 9.46. The van der Waals surface area contributed by atoms with Crippen LogP contribution in [-0.2, 0) is 13.5 Å². The van der Waals surface area contributed by atoms with Crippen molar-refractivity contribution in [2.45, 2.75) is 19.4 Å². The molecule has 16 heavy (non-hydrogen) atoms. The lowest BCUT2D eigenvalue weighted by Crippen LogP contribution is -2.05. The lowest BCUT2D eigenvalue weighted by Gasteiger charge is -2.11. The fourth-order valence-corrected chi connectivity index (χ4v) is 1.73. The second kappa shape index (κ2) is 4.45. The zero-order valence-electron chi connectivity index (χ0n) is 9.46. The molecule has 0 amide bonds. The highest BCUT2D eigenvalue weighted by molar-refractivity contribution is 5.22. The van der Waals surface area contributed by atoms with Crippen molar-refractivity contribution in [1.29, 1.82) is 0 Å². The molecule has 2 aromatic rings.